The highest BCUT2D eigenvalue weighted by Gasteiger charge is 2.33. The summed E-state index contributed by atoms with van der Waals surface area (Å²) in [4.78, 5) is 10.6. The highest BCUT2D eigenvalue weighted by molar-refractivity contribution is 9.10. The Morgan fingerprint density at radius 1 is 1.45 bits per heavy atom. The van der Waals surface area contributed by atoms with Gasteiger partial charge < -0.3 is 10.4 Å². The number of carboxylic acid groups (broad SMARTS) is 1. The van der Waals surface area contributed by atoms with Crippen molar-refractivity contribution in [2.24, 2.45) is 5.92 Å². The molecule has 1 rings (SSSR count). The molecule has 112 valence electrons. The minimum atomic E-state index is -4.46. The molecule has 0 bridgehead atoms. The van der Waals surface area contributed by atoms with Crippen LogP contribution in [0.4, 0.5) is 18.9 Å². The Bertz CT molecular complexity index is 477. The molecule has 1 aromatic carbocycles. The molecular formula is C13H15BrF3NO2. The molecule has 7 heteroatoms. The van der Waals surface area contributed by atoms with Crippen molar-refractivity contribution in [2.75, 3.05) is 11.9 Å². The van der Waals surface area contributed by atoms with Gasteiger partial charge in [-0.25, -0.2) is 0 Å². The first-order chi connectivity index (χ1) is 9.24. The molecule has 0 saturated heterocycles. The molecule has 1 unspecified atom stereocenters. The normalized spacial score (nSPS) is 13.1. The average molecular weight is 354 g/mol. The number of anilines is 1. The number of carbonyl (C=O) groups is 1. The van der Waals surface area contributed by atoms with Gasteiger partial charge in [0.05, 0.1) is 5.56 Å². The van der Waals surface area contributed by atoms with Crippen LogP contribution in [0.5, 0.6) is 0 Å². The molecule has 0 radical (unpaired) electrons. The quantitative estimate of drug-likeness (QED) is 0.797. The van der Waals surface area contributed by atoms with E-state index in [-0.39, 0.29) is 24.6 Å². The van der Waals surface area contributed by atoms with Gasteiger partial charge in [-0.05, 0) is 24.1 Å². The first-order valence-electron chi connectivity index (χ1n) is 6.06. The summed E-state index contributed by atoms with van der Waals surface area (Å²) in [7, 11) is 0. The monoisotopic (exact) mass is 353 g/mol. The Labute approximate surface area is 123 Å². The highest BCUT2D eigenvalue weighted by atomic mass is 79.9. The van der Waals surface area contributed by atoms with Gasteiger partial charge >= 0.3 is 12.1 Å². The number of alkyl halides is 3. The van der Waals surface area contributed by atoms with E-state index in [9.17, 15) is 18.0 Å². The van der Waals surface area contributed by atoms with Crippen LogP contribution in [-0.2, 0) is 11.0 Å². The van der Waals surface area contributed by atoms with E-state index in [1.807, 2.05) is 6.92 Å². The average Bonchev–Trinajstić information content (AvgIpc) is 2.34. The fourth-order valence-electron chi connectivity index (χ4n) is 1.77. The molecule has 0 fully saturated rings. The number of rotatable bonds is 6. The second kappa shape index (κ2) is 6.97. The molecule has 1 atom stereocenters. The highest BCUT2D eigenvalue weighted by Crippen LogP contribution is 2.36. The lowest BCUT2D eigenvalue weighted by molar-refractivity contribution is -0.138. The molecule has 0 aliphatic carbocycles. The first kappa shape index (κ1) is 16.8. The fourth-order valence-corrected chi connectivity index (χ4v) is 2.13. The Kier molecular flexibility index (Phi) is 5.86. The summed E-state index contributed by atoms with van der Waals surface area (Å²) in [5.41, 5.74) is -0.804. The molecule has 0 aliphatic heterocycles. The summed E-state index contributed by atoms with van der Waals surface area (Å²) in [5, 5.41) is 11.4. The van der Waals surface area contributed by atoms with Crippen LogP contribution in [0.1, 0.15) is 25.3 Å². The SMILES string of the molecule is CCC(CNc1ccc(Br)cc1C(F)(F)F)CC(=O)O. The van der Waals surface area contributed by atoms with Crippen molar-refractivity contribution >= 4 is 27.6 Å². The van der Waals surface area contributed by atoms with Gasteiger partial charge in [-0.1, -0.05) is 29.3 Å². The lowest BCUT2D eigenvalue weighted by Gasteiger charge is -2.18. The topological polar surface area (TPSA) is 49.3 Å². The van der Waals surface area contributed by atoms with E-state index in [4.69, 9.17) is 5.11 Å². The summed E-state index contributed by atoms with van der Waals surface area (Å²) in [6.07, 6.45) is -3.95. The number of aliphatic carboxylic acids is 1. The van der Waals surface area contributed by atoms with Crippen LogP contribution >= 0.6 is 15.9 Å². The standard InChI is InChI=1S/C13H15BrF3NO2/c1-2-8(5-12(19)20)7-18-11-4-3-9(14)6-10(11)13(15,16)17/h3-4,6,8,18H,2,5,7H2,1H3,(H,19,20). The van der Waals surface area contributed by atoms with E-state index in [0.717, 1.165) is 6.07 Å². The van der Waals surface area contributed by atoms with Crippen molar-refractivity contribution in [2.45, 2.75) is 25.9 Å². The molecule has 0 aliphatic rings. The third-order valence-electron chi connectivity index (χ3n) is 2.91. The smallest absolute Gasteiger partial charge is 0.418 e. The van der Waals surface area contributed by atoms with Gasteiger partial charge in [0.25, 0.3) is 0 Å². The van der Waals surface area contributed by atoms with E-state index in [2.05, 4.69) is 21.2 Å². The van der Waals surface area contributed by atoms with Crippen molar-refractivity contribution in [3.05, 3.63) is 28.2 Å². The van der Waals surface area contributed by atoms with Crippen LogP contribution in [0.3, 0.4) is 0 Å². The van der Waals surface area contributed by atoms with Gasteiger partial charge in [-0.2, -0.15) is 13.2 Å². The molecule has 20 heavy (non-hydrogen) atoms. The van der Waals surface area contributed by atoms with Crippen LogP contribution in [0.15, 0.2) is 22.7 Å². The van der Waals surface area contributed by atoms with Gasteiger partial charge in [0.1, 0.15) is 0 Å². The minimum Gasteiger partial charge on any atom is -0.481 e. The zero-order valence-electron chi connectivity index (χ0n) is 10.8. The molecule has 0 heterocycles. The third kappa shape index (κ3) is 5.03. The maximum absolute atomic E-state index is 12.9. The van der Waals surface area contributed by atoms with Crippen LogP contribution in [0, 0.1) is 5.92 Å². The maximum atomic E-state index is 12.9. The molecule has 0 amide bonds. The van der Waals surface area contributed by atoms with E-state index in [0.29, 0.717) is 10.9 Å². The Hall–Kier alpha value is -1.24. The van der Waals surface area contributed by atoms with Crippen LogP contribution in [-0.4, -0.2) is 17.6 Å². The minimum absolute atomic E-state index is 0.0375. The summed E-state index contributed by atoms with van der Waals surface area (Å²) in [5.74, 6) is -1.16. The predicted octanol–water partition coefficient (Wildman–Crippen LogP) is 4.38. The van der Waals surface area contributed by atoms with E-state index < -0.39 is 17.7 Å². The number of benzene rings is 1. The lowest BCUT2D eigenvalue weighted by Crippen LogP contribution is -2.19. The second-order valence-electron chi connectivity index (χ2n) is 4.44. The Balaban J connectivity index is 2.84. The van der Waals surface area contributed by atoms with Crippen LogP contribution in [0.25, 0.3) is 0 Å². The third-order valence-corrected chi connectivity index (χ3v) is 3.40. The van der Waals surface area contributed by atoms with Gasteiger partial charge in [0, 0.05) is 23.1 Å². The fraction of sp³-hybridized carbons (Fsp3) is 0.462. The zero-order chi connectivity index (χ0) is 15.3. The number of nitrogens with one attached hydrogen (secondary N) is 1. The zero-order valence-corrected chi connectivity index (χ0v) is 12.4. The van der Waals surface area contributed by atoms with Gasteiger partial charge in [0.2, 0.25) is 0 Å². The Morgan fingerprint density at radius 3 is 2.60 bits per heavy atom. The Morgan fingerprint density at radius 2 is 2.10 bits per heavy atom. The molecule has 1 aromatic rings. The number of carboxylic acids is 1. The molecule has 3 nitrogen and oxygen atoms in total. The van der Waals surface area contributed by atoms with E-state index in [1.165, 1.54) is 12.1 Å². The van der Waals surface area contributed by atoms with Gasteiger partial charge in [-0.3, -0.25) is 4.79 Å². The predicted molar refractivity (Wildman–Crippen MR) is 73.7 cm³/mol. The molecule has 0 saturated carbocycles. The van der Waals surface area contributed by atoms with Crippen molar-refractivity contribution in [3.8, 4) is 0 Å². The second-order valence-corrected chi connectivity index (χ2v) is 5.36. The number of hydrogen-bond donors (Lipinski definition) is 2. The summed E-state index contributed by atoms with van der Waals surface area (Å²) in [6.45, 7) is 2.00. The first-order valence-corrected chi connectivity index (χ1v) is 6.85. The molecule has 0 spiro atoms. The van der Waals surface area contributed by atoms with Crippen LogP contribution in [0.2, 0.25) is 0 Å². The summed E-state index contributed by atoms with van der Waals surface area (Å²) in [6, 6.07) is 3.84. The number of halogens is 4. The maximum Gasteiger partial charge on any atom is 0.418 e. The largest absolute Gasteiger partial charge is 0.481 e. The molecule has 2 N–H and O–H groups in total. The molecular weight excluding hydrogens is 339 g/mol. The van der Waals surface area contributed by atoms with Crippen molar-refractivity contribution in [1.82, 2.24) is 0 Å². The van der Waals surface area contributed by atoms with E-state index >= 15 is 0 Å². The molecule has 0 aromatic heterocycles. The van der Waals surface area contributed by atoms with Crippen molar-refractivity contribution in [3.63, 3.8) is 0 Å². The van der Waals surface area contributed by atoms with Gasteiger partial charge in [0.15, 0.2) is 0 Å². The van der Waals surface area contributed by atoms with Gasteiger partial charge in [-0.15, -0.1) is 0 Å². The summed E-state index contributed by atoms with van der Waals surface area (Å²) < 4.78 is 39.0. The number of hydrogen-bond acceptors (Lipinski definition) is 2. The van der Waals surface area contributed by atoms with Crippen molar-refractivity contribution in [1.29, 1.82) is 0 Å². The van der Waals surface area contributed by atoms with E-state index in [1.54, 1.807) is 0 Å². The lowest BCUT2D eigenvalue weighted by atomic mass is 10.0. The van der Waals surface area contributed by atoms with Crippen LogP contribution < -0.4 is 5.32 Å². The van der Waals surface area contributed by atoms with Crippen molar-refractivity contribution < 1.29 is 23.1 Å². The summed E-state index contributed by atoms with van der Waals surface area (Å²) >= 11 is 3.01.